The molecule has 6 heterocycles. The number of carbonyl (C=O) groups is 1. The van der Waals surface area contributed by atoms with E-state index in [0.717, 1.165) is 143 Å². The van der Waals surface area contributed by atoms with Gasteiger partial charge < -0.3 is 41.6 Å². The minimum Gasteiger partial charge on any atom is -0.465 e. The zero-order valence-corrected chi connectivity index (χ0v) is 37.4. The third kappa shape index (κ3) is 10.6. The maximum absolute atomic E-state index is 11.8. The van der Waals surface area contributed by atoms with E-state index < -0.39 is 5.97 Å². The number of H-pyrrole nitrogens is 2. The first kappa shape index (κ1) is 47.6. The largest absolute Gasteiger partial charge is 0.465 e. The van der Waals surface area contributed by atoms with Crippen molar-refractivity contribution in [3.63, 3.8) is 0 Å². The Morgan fingerprint density at radius 1 is 0.615 bits per heavy atom. The second-order valence-electron chi connectivity index (χ2n) is 16.0. The molecule has 0 radical (unpaired) electrons. The third-order valence-electron chi connectivity index (χ3n) is 11.4. The van der Waals surface area contributed by atoms with Crippen LogP contribution in [0.1, 0.15) is 114 Å². The number of hydrogen-bond acceptors (Lipinski definition) is 12. The zero-order valence-electron chi connectivity index (χ0n) is 37.4. The predicted molar refractivity (Wildman–Crippen MR) is 266 cm³/mol. The highest BCUT2D eigenvalue weighted by atomic mass is 16.5. The van der Waals surface area contributed by atoms with Gasteiger partial charge in [0.2, 0.25) is 0 Å². The normalized spacial score (nSPS) is 11.2. The van der Waals surface area contributed by atoms with Gasteiger partial charge in [0, 0.05) is 48.6 Å². The number of para-hydroxylation sites is 2. The van der Waals surface area contributed by atoms with Crippen molar-refractivity contribution >= 4 is 89.2 Å². The Morgan fingerprint density at radius 3 is 1.74 bits per heavy atom. The topological polar surface area (TPSA) is 238 Å². The number of hydrogen-bond donors (Lipinski definition) is 6. The van der Waals surface area contributed by atoms with Crippen molar-refractivity contribution < 1.29 is 14.6 Å². The highest BCUT2D eigenvalue weighted by Crippen LogP contribution is 2.31. The van der Waals surface area contributed by atoms with Gasteiger partial charge in [0.15, 0.2) is 5.82 Å². The average molecular weight is 881 g/mol. The minimum atomic E-state index is -0.405. The van der Waals surface area contributed by atoms with Gasteiger partial charge in [0.25, 0.3) is 0 Å². The molecule has 0 amide bonds. The van der Waals surface area contributed by atoms with Crippen molar-refractivity contribution in [2.24, 2.45) is 0 Å². The van der Waals surface area contributed by atoms with E-state index in [-0.39, 0.29) is 14.0 Å². The average Bonchev–Trinajstić information content (AvgIpc) is 4.05. The molecular weight excluding hydrogens is 817 g/mol. The molecule has 9 N–H and O–H groups in total. The SMILES string of the molecule is C.CCCCCc1nc2c([nH]1)c(N)nc1ccccc12.CCCCc1nc2c(N)nc3cc(C(=O)OC)ccc3c2n1CCCCO.CCCCc1nc2c([nH]1)c(N)nc1ccccc12. The molecule has 3 aromatic carbocycles. The lowest BCUT2D eigenvalue weighted by atomic mass is 10.1. The number of unbranched alkanes of at least 4 members (excludes halogenated alkanes) is 5. The molecule has 342 valence electrons. The summed E-state index contributed by atoms with van der Waals surface area (Å²) >= 11 is 0. The summed E-state index contributed by atoms with van der Waals surface area (Å²) in [6, 6.07) is 21.3. The molecule has 9 rings (SSSR count). The van der Waals surface area contributed by atoms with E-state index in [1.54, 1.807) is 12.1 Å². The first-order valence-corrected chi connectivity index (χ1v) is 22.5. The summed E-state index contributed by atoms with van der Waals surface area (Å²) in [5.74, 6) is 4.00. The molecule has 0 saturated carbocycles. The Kier molecular flexibility index (Phi) is 16.2. The molecule has 0 aliphatic carbocycles. The molecule has 15 nitrogen and oxygen atoms in total. The third-order valence-corrected chi connectivity index (χ3v) is 11.4. The standard InChI is InChI=1S/C20H26N4O3.C15H18N4.C14H16N4.CH4/c1-3-4-7-16-23-17-18(24(16)10-5-6-11-25)14-9-8-13(20(26)27-2)12-15(14)22-19(17)21;1-2-3-4-9-12-18-13-10-7-5-6-8-11(10)17-15(16)14(13)19-12;1-2-3-8-11-17-12-9-6-4-5-7-10(9)16-14(15)13(12)18-11;/h8-9,12,25H,3-7,10-11H2,1-2H3,(H2,21,22);5-8H,2-4,9H2,1H3,(H2,16,17)(H,18,19);4-7H,2-3,8H2,1H3,(H2,15,16)(H,17,18);1H4. The summed E-state index contributed by atoms with van der Waals surface area (Å²) in [6.45, 7) is 7.46. The Bertz CT molecular complexity index is 3030. The number of nitrogens with zero attached hydrogens (tertiary/aromatic N) is 7. The van der Waals surface area contributed by atoms with Gasteiger partial charge >= 0.3 is 5.97 Å². The van der Waals surface area contributed by atoms with E-state index in [0.29, 0.717) is 34.1 Å². The predicted octanol–water partition coefficient (Wildman–Crippen LogP) is 10.2. The van der Waals surface area contributed by atoms with E-state index in [1.165, 1.54) is 20.0 Å². The molecule has 9 aromatic rings. The lowest BCUT2D eigenvalue weighted by molar-refractivity contribution is 0.0601. The summed E-state index contributed by atoms with van der Waals surface area (Å²) in [4.78, 5) is 45.9. The summed E-state index contributed by atoms with van der Waals surface area (Å²) in [6.07, 6.45) is 12.4. The molecule has 15 heteroatoms. The van der Waals surface area contributed by atoms with Crippen LogP contribution in [0.5, 0.6) is 0 Å². The van der Waals surface area contributed by atoms with E-state index in [1.807, 2.05) is 54.6 Å². The Hall–Kier alpha value is -6.87. The number of anilines is 3. The molecule has 6 aromatic heterocycles. The number of rotatable bonds is 15. The number of aromatic nitrogens is 9. The number of ether oxygens (including phenoxy) is 1. The Labute approximate surface area is 379 Å². The van der Waals surface area contributed by atoms with Crippen LogP contribution >= 0.6 is 0 Å². The molecule has 0 saturated heterocycles. The number of carbonyl (C=O) groups excluding carboxylic acids is 1. The molecular formula is C50H64N12O3. The van der Waals surface area contributed by atoms with Crippen molar-refractivity contribution in [2.75, 3.05) is 30.9 Å². The van der Waals surface area contributed by atoms with E-state index in [9.17, 15) is 4.79 Å². The second-order valence-corrected chi connectivity index (χ2v) is 16.0. The summed E-state index contributed by atoms with van der Waals surface area (Å²) in [5, 5.41) is 12.2. The summed E-state index contributed by atoms with van der Waals surface area (Å²) in [5.41, 5.74) is 26.3. The number of nitrogen functional groups attached to an aromatic ring is 3. The summed E-state index contributed by atoms with van der Waals surface area (Å²) in [7, 11) is 1.35. The van der Waals surface area contributed by atoms with Crippen molar-refractivity contribution in [2.45, 2.75) is 112 Å². The van der Waals surface area contributed by atoms with E-state index >= 15 is 0 Å². The highest BCUT2D eigenvalue weighted by Gasteiger charge is 2.19. The fourth-order valence-electron chi connectivity index (χ4n) is 7.99. The fourth-order valence-corrected chi connectivity index (χ4v) is 7.99. The van der Waals surface area contributed by atoms with Crippen molar-refractivity contribution in [1.82, 2.24) is 44.4 Å². The van der Waals surface area contributed by atoms with Crippen LogP contribution in [0.3, 0.4) is 0 Å². The monoisotopic (exact) mass is 881 g/mol. The van der Waals surface area contributed by atoms with Crippen LogP contribution in [0.2, 0.25) is 0 Å². The number of aliphatic hydroxyl groups is 1. The number of methoxy groups -OCH3 is 1. The van der Waals surface area contributed by atoms with Gasteiger partial charge in [-0.05, 0) is 62.4 Å². The number of imidazole rings is 3. The van der Waals surface area contributed by atoms with Gasteiger partial charge in [-0.15, -0.1) is 0 Å². The van der Waals surface area contributed by atoms with E-state index in [4.69, 9.17) is 37.0 Å². The number of aryl methyl sites for hydroxylation is 4. The molecule has 0 aliphatic rings. The number of benzene rings is 3. The van der Waals surface area contributed by atoms with Crippen LogP contribution in [0, 0.1) is 0 Å². The zero-order chi connectivity index (χ0) is 45.2. The van der Waals surface area contributed by atoms with Crippen LogP contribution < -0.4 is 17.2 Å². The van der Waals surface area contributed by atoms with Crippen LogP contribution in [0.4, 0.5) is 17.5 Å². The number of esters is 1. The van der Waals surface area contributed by atoms with Gasteiger partial charge in [-0.1, -0.05) is 90.3 Å². The fraction of sp³-hybridized carbons (Fsp3) is 0.380. The molecule has 0 unspecified atom stereocenters. The van der Waals surface area contributed by atoms with Crippen molar-refractivity contribution in [3.05, 3.63) is 89.8 Å². The van der Waals surface area contributed by atoms with Crippen LogP contribution in [-0.4, -0.2) is 69.2 Å². The number of nitrogens with one attached hydrogen (secondary N) is 2. The van der Waals surface area contributed by atoms with Gasteiger partial charge in [-0.25, -0.2) is 34.7 Å². The van der Waals surface area contributed by atoms with Crippen LogP contribution in [0.25, 0.3) is 65.8 Å². The maximum Gasteiger partial charge on any atom is 0.337 e. The lowest BCUT2D eigenvalue weighted by Gasteiger charge is -2.11. The van der Waals surface area contributed by atoms with Gasteiger partial charge in [0.05, 0.1) is 34.7 Å². The van der Waals surface area contributed by atoms with Crippen LogP contribution in [-0.2, 0) is 30.5 Å². The smallest absolute Gasteiger partial charge is 0.337 e. The van der Waals surface area contributed by atoms with Gasteiger partial charge in [-0.3, -0.25) is 0 Å². The molecule has 0 fully saturated rings. The summed E-state index contributed by atoms with van der Waals surface area (Å²) < 4.78 is 6.99. The molecule has 0 aliphatic heterocycles. The second kappa shape index (κ2) is 22.2. The van der Waals surface area contributed by atoms with Crippen LogP contribution in [0.15, 0.2) is 66.7 Å². The molecule has 0 bridgehead atoms. The first-order valence-electron chi connectivity index (χ1n) is 22.5. The number of aromatic amines is 2. The highest BCUT2D eigenvalue weighted by molar-refractivity contribution is 6.09. The number of aliphatic hydroxyl groups excluding tert-OH is 1. The van der Waals surface area contributed by atoms with Crippen molar-refractivity contribution in [3.8, 4) is 0 Å². The molecule has 0 spiro atoms. The molecule has 65 heavy (non-hydrogen) atoms. The lowest BCUT2D eigenvalue weighted by Crippen LogP contribution is -2.06. The first-order chi connectivity index (χ1) is 31.2. The number of nitrogens with two attached hydrogens (primary N) is 3. The maximum atomic E-state index is 11.8. The van der Waals surface area contributed by atoms with Crippen molar-refractivity contribution in [1.29, 1.82) is 0 Å². The Morgan fingerprint density at radius 2 is 1.17 bits per heavy atom. The molecule has 0 atom stereocenters. The van der Waals surface area contributed by atoms with Gasteiger partial charge in [-0.2, -0.15) is 0 Å². The van der Waals surface area contributed by atoms with Gasteiger partial charge in [0.1, 0.15) is 56.7 Å². The number of pyridine rings is 3. The van der Waals surface area contributed by atoms with E-state index in [2.05, 4.69) is 55.2 Å². The Balaban J connectivity index is 0.000000165. The quantitative estimate of drug-likeness (QED) is 0.0416. The minimum absolute atomic E-state index is 0. The number of fused-ring (bicyclic) bond motifs is 9.